The molecular weight excluding hydrogens is 445 g/mol. The molecular formula is C21H19Cl2N3O5. The molecule has 0 bridgehead atoms. The minimum absolute atomic E-state index is 0.305. The molecule has 0 spiro atoms. The summed E-state index contributed by atoms with van der Waals surface area (Å²) in [5.41, 5.74) is 1.60. The van der Waals surface area contributed by atoms with Gasteiger partial charge in [0.15, 0.2) is 0 Å². The molecule has 0 aromatic heterocycles. The Labute approximate surface area is 188 Å². The Hall–Kier alpha value is -2.97. The number of hydrogen-bond donors (Lipinski definition) is 1. The maximum absolute atomic E-state index is 12.8. The molecule has 0 aliphatic carbocycles. The highest BCUT2D eigenvalue weighted by molar-refractivity contribution is 6.42. The zero-order valence-electron chi connectivity index (χ0n) is 16.6. The highest BCUT2D eigenvalue weighted by Crippen LogP contribution is 2.34. The number of carbonyl (C=O) groups excluding carboxylic acids is 3. The number of nitrogens with zero attached hydrogens (tertiary/aromatic N) is 2. The van der Waals surface area contributed by atoms with E-state index in [1.54, 1.807) is 36.4 Å². The predicted molar refractivity (Wildman–Crippen MR) is 117 cm³/mol. The Morgan fingerprint density at radius 2 is 1.90 bits per heavy atom. The van der Waals surface area contributed by atoms with E-state index < -0.39 is 17.9 Å². The number of rotatable bonds is 5. The van der Waals surface area contributed by atoms with Crippen LogP contribution in [0, 0.1) is 5.92 Å². The fourth-order valence-corrected chi connectivity index (χ4v) is 3.94. The van der Waals surface area contributed by atoms with E-state index >= 15 is 0 Å². The Kier molecular flexibility index (Phi) is 5.93. The predicted octanol–water partition coefficient (Wildman–Crippen LogP) is 3.95. The van der Waals surface area contributed by atoms with E-state index in [9.17, 15) is 14.4 Å². The van der Waals surface area contributed by atoms with Gasteiger partial charge in [-0.1, -0.05) is 23.2 Å². The summed E-state index contributed by atoms with van der Waals surface area (Å²) in [5.74, 6) is -1.14. The van der Waals surface area contributed by atoms with Crippen LogP contribution in [-0.4, -0.2) is 44.7 Å². The van der Waals surface area contributed by atoms with Crippen LogP contribution in [0.1, 0.15) is 6.42 Å². The van der Waals surface area contributed by atoms with Gasteiger partial charge in [-0.05, 0) is 36.8 Å². The van der Waals surface area contributed by atoms with Crippen LogP contribution in [0.2, 0.25) is 10.0 Å². The zero-order chi connectivity index (χ0) is 22.1. The third-order valence-corrected chi connectivity index (χ3v) is 5.97. The maximum atomic E-state index is 12.8. The van der Waals surface area contributed by atoms with Crippen LogP contribution in [0.4, 0.5) is 21.9 Å². The Balaban J connectivity index is 1.47. The first-order chi connectivity index (χ1) is 14.9. The largest absolute Gasteiger partial charge is 0.494 e. The fraction of sp³-hybridized carbons (Fsp3) is 0.286. The summed E-state index contributed by atoms with van der Waals surface area (Å²) in [4.78, 5) is 40.4. The van der Waals surface area contributed by atoms with Gasteiger partial charge in [0.25, 0.3) is 0 Å². The van der Waals surface area contributed by atoms with E-state index in [1.165, 1.54) is 16.9 Å². The van der Waals surface area contributed by atoms with Crippen LogP contribution >= 0.6 is 23.2 Å². The maximum Gasteiger partial charge on any atom is 0.414 e. The van der Waals surface area contributed by atoms with Gasteiger partial charge in [0.1, 0.15) is 18.3 Å². The molecule has 1 unspecified atom stereocenters. The van der Waals surface area contributed by atoms with Crippen LogP contribution in [0.3, 0.4) is 0 Å². The summed E-state index contributed by atoms with van der Waals surface area (Å²) in [6, 6.07) is 9.84. The molecule has 2 aromatic rings. The van der Waals surface area contributed by atoms with Crippen LogP contribution in [-0.2, 0) is 14.3 Å². The second-order valence-electron chi connectivity index (χ2n) is 7.07. The minimum Gasteiger partial charge on any atom is -0.494 e. The molecule has 4 rings (SSSR count). The molecule has 0 saturated carbocycles. The normalized spacial score (nSPS) is 18.4. The standard InChI is InChI=1S/C21H19Cl2N3O5/c1-30-18-10-12(2-5-17(18)26-8-9-31-21(26)29)24-19(27)14-6-7-25(20(14)28)13-3-4-15(22)16(23)11-13/h2-5,10-11,14H,6-9H2,1H3,(H,24,27). The smallest absolute Gasteiger partial charge is 0.414 e. The molecule has 31 heavy (non-hydrogen) atoms. The van der Waals surface area contributed by atoms with Crippen molar-refractivity contribution in [1.29, 1.82) is 0 Å². The number of methoxy groups -OCH3 is 1. The van der Waals surface area contributed by atoms with Gasteiger partial charge in [0.2, 0.25) is 11.8 Å². The van der Waals surface area contributed by atoms with Gasteiger partial charge in [0, 0.05) is 24.0 Å². The van der Waals surface area contributed by atoms with E-state index in [-0.39, 0.29) is 5.91 Å². The minimum atomic E-state index is -0.825. The number of nitrogens with one attached hydrogen (secondary N) is 1. The van der Waals surface area contributed by atoms with Crippen molar-refractivity contribution in [2.24, 2.45) is 5.92 Å². The number of amides is 3. The van der Waals surface area contributed by atoms with Crippen molar-refractivity contribution in [3.8, 4) is 5.75 Å². The highest BCUT2D eigenvalue weighted by atomic mass is 35.5. The van der Waals surface area contributed by atoms with E-state index in [2.05, 4.69) is 5.32 Å². The van der Waals surface area contributed by atoms with Crippen molar-refractivity contribution in [3.63, 3.8) is 0 Å². The SMILES string of the molecule is COc1cc(NC(=O)C2CCN(c3ccc(Cl)c(Cl)c3)C2=O)ccc1N1CCOC1=O. The molecule has 10 heteroatoms. The summed E-state index contributed by atoms with van der Waals surface area (Å²) in [6.07, 6.45) is -0.0752. The summed E-state index contributed by atoms with van der Waals surface area (Å²) < 4.78 is 10.3. The van der Waals surface area contributed by atoms with Crippen LogP contribution in [0.25, 0.3) is 0 Å². The molecule has 2 aliphatic rings. The lowest BCUT2D eigenvalue weighted by Gasteiger charge is -2.19. The average Bonchev–Trinajstić information content (AvgIpc) is 3.35. The number of halogens is 2. The quantitative estimate of drug-likeness (QED) is 0.678. The second kappa shape index (κ2) is 8.64. The van der Waals surface area contributed by atoms with Crippen molar-refractivity contribution in [2.75, 3.05) is 41.9 Å². The summed E-state index contributed by atoms with van der Waals surface area (Å²) in [7, 11) is 1.47. The van der Waals surface area contributed by atoms with E-state index in [0.717, 1.165) is 0 Å². The fourth-order valence-electron chi connectivity index (χ4n) is 3.65. The third kappa shape index (κ3) is 4.13. The lowest BCUT2D eigenvalue weighted by Crippen LogP contribution is -2.33. The van der Waals surface area contributed by atoms with Gasteiger partial charge in [-0.3, -0.25) is 14.5 Å². The topological polar surface area (TPSA) is 88.2 Å². The molecule has 8 nitrogen and oxygen atoms in total. The molecule has 2 heterocycles. The Morgan fingerprint density at radius 1 is 1.10 bits per heavy atom. The van der Waals surface area contributed by atoms with Gasteiger partial charge in [-0.25, -0.2) is 4.79 Å². The highest BCUT2D eigenvalue weighted by Gasteiger charge is 2.38. The van der Waals surface area contributed by atoms with E-state index in [0.29, 0.717) is 59.0 Å². The zero-order valence-corrected chi connectivity index (χ0v) is 18.1. The van der Waals surface area contributed by atoms with Gasteiger partial charge in [0.05, 0.1) is 29.4 Å². The van der Waals surface area contributed by atoms with Crippen LogP contribution < -0.4 is 19.9 Å². The molecule has 2 fully saturated rings. The van der Waals surface area contributed by atoms with Gasteiger partial charge >= 0.3 is 6.09 Å². The Morgan fingerprint density at radius 3 is 2.58 bits per heavy atom. The molecule has 1 N–H and O–H groups in total. The molecule has 3 amide bonds. The Bertz CT molecular complexity index is 1060. The van der Waals surface area contributed by atoms with Gasteiger partial charge in [-0.15, -0.1) is 0 Å². The molecule has 2 aliphatic heterocycles. The van der Waals surface area contributed by atoms with Crippen LogP contribution in [0.5, 0.6) is 5.75 Å². The first-order valence-corrected chi connectivity index (χ1v) is 10.3. The van der Waals surface area contributed by atoms with Gasteiger partial charge < -0.3 is 19.7 Å². The summed E-state index contributed by atoms with van der Waals surface area (Å²) in [6.45, 7) is 1.12. The third-order valence-electron chi connectivity index (χ3n) is 5.24. The summed E-state index contributed by atoms with van der Waals surface area (Å²) >= 11 is 12.0. The molecule has 1 atom stereocenters. The number of ether oxygens (including phenoxy) is 2. The van der Waals surface area contributed by atoms with Crippen molar-refractivity contribution in [3.05, 3.63) is 46.4 Å². The van der Waals surface area contributed by atoms with Crippen molar-refractivity contribution in [1.82, 2.24) is 0 Å². The monoisotopic (exact) mass is 463 g/mol. The average molecular weight is 464 g/mol. The number of anilines is 3. The van der Waals surface area contributed by atoms with Gasteiger partial charge in [-0.2, -0.15) is 0 Å². The van der Waals surface area contributed by atoms with Crippen molar-refractivity contribution < 1.29 is 23.9 Å². The lowest BCUT2D eigenvalue weighted by molar-refractivity contribution is -0.129. The molecule has 0 radical (unpaired) electrons. The second-order valence-corrected chi connectivity index (χ2v) is 7.89. The molecule has 162 valence electrons. The summed E-state index contributed by atoms with van der Waals surface area (Å²) in [5, 5.41) is 3.50. The van der Waals surface area contributed by atoms with Crippen molar-refractivity contribution in [2.45, 2.75) is 6.42 Å². The van der Waals surface area contributed by atoms with Crippen molar-refractivity contribution >= 4 is 58.2 Å². The number of carbonyl (C=O) groups is 3. The van der Waals surface area contributed by atoms with E-state index in [4.69, 9.17) is 32.7 Å². The first-order valence-electron chi connectivity index (χ1n) is 9.58. The number of cyclic esters (lactones) is 1. The number of benzene rings is 2. The van der Waals surface area contributed by atoms with E-state index in [1.807, 2.05) is 0 Å². The van der Waals surface area contributed by atoms with Crippen LogP contribution in [0.15, 0.2) is 36.4 Å². The number of hydrogen-bond acceptors (Lipinski definition) is 5. The first kappa shape index (κ1) is 21.3. The molecule has 2 saturated heterocycles. The molecule has 2 aromatic carbocycles. The lowest BCUT2D eigenvalue weighted by atomic mass is 10.1.